The maximum Gasteiger partial charge on any atom is 0.307 e. The molecule has 0 amide bonds. The minimum atomic E-state index is -0.980. The third-order valence-electron chi connectivity index (χ3n) is 3.30. The Kier molecular flexibility index (Phi) is 4.76. The van der Waals surface area contributed by atoms with Gasteiger partial charge in [-0.3, -0.25) is 9.59 Å². The summed E-state index contributed by atoms with van der Waals surface area (Å²) in [5.74, 6) is -1.06. The molecule has 0 unspecified atom stereocenters. The minimum Gasteiger partial charge on any atom is -0.481 e. The van der Waals surface area contributed by atoms with Crippen LogP contribution in [0.1, 0.15) is 21.0 Å². The van der Waals surface area contributed by atoms with Gasteiger partial charge in [-0.1, -0.05) is 29.3 Å². The molecule has 0 fully saturated rings. The Bertz CT molecular complexity index is 913. The van der Waals surface area contributed by atoms with Gasteiger partial charge in [0.2, 0.25) is 5.78 Å². The first-order chi connectivity index (χ1) is 11.5. The summed E-state index contributed by atoms with van der Waals surface area (Å²) in [6.45, 7) is 0. The minimum absolute atomic E-state index is 0.197. The normalized spacial score (nSPS) is 10.8. The number of rotatable bonds is 5. The van der Waals surface area contributed by atoms with Crippen LogP contribution >= 0.6 is 34.5 Å². The zero-order valence-electron chi connectivity index (χ0n) is 12.1. The molecule has 0 atom stereocenters. The fourth-order valence-corrected chi connectivity index (χ4v) is 3.67. The molecule has 24 heavy (non-hydrogen) atoms. The Hall–Kier alpha value is -2.08. The molecule has 7 heteroatoms. The molecule has 122 valence electrons. The summed E-state index contributed by atoms with van der Waals surface area (Å²) in [5.41, 5.74) is 1.25. The lowest BCUT2D eigenvalue weighted by Gasteiger charge is -2.03. The molecule has 0 saturated heterocycles. The number of halogens is 2. The van der Waals surface area contributed by atoms with E-state index < -0.39 is 5.97 Å². The Morgan fingerprint density at radius 1 is 1.12 bits per heavy atom. The van der Waals surface area contributed by atoms with Crippen molar-refractivity contribution in [1.82, 2.24) is 0 Å². The van der Waals surface area contributed by atoms with Crippen LogP contribution in [0, 0.1) is 0 Å². The molecule has 3 aromatic rings. The summed E-state index contributed by atoms with van der Waals surface area (Å²) in [6.07, 6.45) is 1.22. The number of hydrogen-bond donors (Lipinski definition) is 1. The van der Waals surface area contributed by atoms with Gasteiger partial charge in [0.05, 0.1) is 27.6 Å². The van der Waals surface area contributed by atoms with E-state index in [0.717, 1.165) is 0 Å². The Morgan fingerprint density at radius 3 is 2.54 bits per heavy atom. The molecule has 0 radical (unpaired) electrons. The van der Waals surface area contributed by atoms with Crippen LogP contribution in [0.5, 0.6) is 0 Å². The maximum absolute atomic E-state index is 12.4. The van der Waals surface area contributed by atoms with Gasteiger partial charge in [-0.2, -0.15) is 0 Å². The highest BCUT2D eigenvalue weighted by Crippen LogP contribution is 2.37. The topological polar surface area (TPSA) is 67.5 Å². The lowest BCUT2D eigenvalue weighted by atomic mass is 10.1. The van der Waals surface area contributed by atoms with Gasteiger partial charge in [0, 0.05) is 4.88 Å². The second-order valence-electron chi connectivity index (χ2n) is 4.97. The lowest BCUT2D eigenvalue weighted by molar-refractivity contribution is -0.136. The monoisotopic (exact) mass is 380 g/mol. The van der Waals surface area contributed by atoms with Crippen LogP contribution in [0.4, 0.5) is 0 Å². The predicted molar refractivity (Wildman–Crippen MR) is 93.3 cm³/mol. The van der Waals surface area contributed by atoms with E-state index in [1.165, 1.54) is 17.6 Å². The van der Waals surface area contributed by atoms with E-state index in [0.29, 0.717) is 30.9 Å². The van der Waals surface area contributed by atoms with E-state index in [1.54, 1.807) is 36.4 Å². The maximum atomic E-state index is 12.4. The quantitative estimate of drug-likeness (QED) is 0.619. The fraction of sp³-hybridized carbons (Fsp3) is 0.0588. The number of furan rings is 1. The van der Waals surface area contributed by atoms with Crippen molar-refractivity contribution in [2.24, 2.45) is 0 Å². The van der Waals surface area contributed by atoms with Gasteiger partial charge in [0.1, 0.15) is 0 Å². The molecule has 1 aromatic carbocycles. The van der Waals surface area contributed by atoms with Crippen molar-refractivity contribution < 1.29 is 19.1 Å². The Morgan fingerprint density at radius 2 is 1.92 bits per heavy atom. The molecule has 1 N–H and O–H groups in total. The van der Waals surface area contributed by atoms with Crippen LogP contribution in [0.25, 0.3) is 10.4 Å². The first-order valence-electron chi connectivity index (χ1n) is 6.84. The third-order valence-corrected chi connectivity index (χ3v) is 5.27. The van der Waals surface area contributed by atoms with Gasteiger partial charge in [-0.15, -0.1) is 11.3 Å². The highest BCUT2D eigenvalue weighted by Gasteiger charge is 2.20. The van der Waals surface area contributed by atoms with Crippen molar-refractivity contribution in [3.05, 3.63) is 68.9 Å². The van der Waals surface area contributed by atoms with Gasteiger partial charge in [-0.05, 0) is 41.5 Å². The molecule has 0 saturated carbocycles. The van der Waals surface area contributed by atoms with Crippen LogP contribution in [0.3, 0.4) is 0 Å². The number of ketones is 1. The van der Waals surface area contributed by atoms with Crippen LogP contribution < -0.4 is 0 Å². The average molecular weight is 381 g/mol. The summed E-state index contributed by atoms with van der Waals surface area (Å²) in [5, 5.41) is 9.89. The van der Waals surface area contributed by atoms with Gasteiger partial charge < -0.3 is 9.52 Å². The first-order valence-corrected chi connectivity index (χ1v) is 8.41. The SMILES string of the molecule is O=C(O)Cc1cc(C(=O)c2ccco2)sc1-c1ccc(Cl)c(Cl)c1. The van der Waals surface area contributed by atoms with E-state index in [2.05, 4.69) is 0 Å². The van der Waals surface area contributed by atoms with Crippen LogP contribution in [-0.4, -0.2) is 16.9 Å². The number of aliphatic carboxylic acids is 1. The van der Waals surface area contributed by atoms with Crippen molar-refractivity contribution in [3.8, 4) is 10.4 Å². The fourth-order valence-electron chi connectivity index (χ4n) is 2.25. The summed E-state index contributed by atoms with van der Waals surface area (Å²) < 4.78 is 5.12. The van der Waals surface area contributed by atoms with Gasteiger partial charge in [0.25, 0.3) is 0 Å². The molecular formula is C17H10Cl2O4S. The Balaban J connectivity index is 2.08. The number of carboxylic acids is 1. The predicted octanol–water partition coefficient (Wildman–Crippen LogP) is 5.17. The summed E-state index contributed by atoms with van der Waals surface area (Å²) in [7, 11) is 0. The van der Waals surface area contributed by atoms with E-state index in [9.17, 15) is 9.59 Å². The second-order valence-corrected chi connectivity index (χ2v) is 6.84. The van der Waals surface area contributed by atoms with Crippen molar-refractivity contribution in [1.29, 1.82) is 0 Å². The number of hydrogen-bond acceptors (Lipinski definition) is 4. The molecule has 4 nitrogen and oxygen atoms in total. The highest BCUT2D eigenvalue weighted by molar-refractivity contribution is 7.17. The van der Waals surface area contributed by atoms with Gasteiger partial charge in [0.15, 0.2) is 5.76 Å². The Labute approximate surface area is 151 Å². The van der Waals surface area contributed by atoms with Crippen LogP contribution in [0.15, 0.2) is 47.1 Å². The van der Waals surface area contributed by atoms with E-state index >= 15 is 0 Å². The zero-order valence-corrected chi connectivity index (χ0v) is 14.4. The summed E-state index contributed by atoms with van der Waals surface area (Å²) in [4.78, 5) is 24.6. The molecule has 0 aliphatic rings. The zero-order chi connectivity index (χ0) is 17.3. The standard InChI is InChI=1S/C17H10Cl2O4S/c18-11-4-3-9(6-12(11)19)17-10(8-15(20)21)7-14(24-17)16(22)13-2-1-5-23-13/h1-7H,8H2,(H,20,21). The number of benzene rings is 1. The van der Waals surface area contributed by atoms with Gasteiger partial charge >= 0.3 is 5.97 Å². The molecular weight excluding hydrogens is 371 g/mol. The number of carbonyl (C=O) groups excluding carboxylic acids is 1. The van der Waals surface area contributed by atoms with Crippen LogP contribution in [0.2, 0.25) is 10.0 Å². The van der Waals surface area contributed by atoms with Crippen molar-refractivity contribution in [2.45, 2.75) is 6.42 Å². The summed E-state index contributed by atoms with van der Waals surface area (Å²) in [6, 6.07) is 9.81. The number of carbonyl (C=O) groups is 2. The average Bonchev–Trinajstić information content (AvgIpc) is 3.18. The lowest BCUT2D eigenvalue weighted by Crippen LogP contribution is -2.00. The summed E-state index contributed by atoms with van der Waals surface area (Å²) >= 11 is 13.2. The second kappa shape index (κ2) is 6.81. The molecule has 2 aromatic heterocycles. The molecule has 0 aliphatic carbocycles. The number of carboxylic acid groups (broad SMARTS) is 1. The van der Waals surface area contributed by atoms with E-state index in [4.69, 9.17) is 32.7 Å². The molecule has 0 bridgehead atoms. The molecule has 0 aliphatic heterocycles. The van der Waals surface area contributed by atoms with E-state index in [-0.39, 0.29) is 18.0 Å². The number of thiophene rings is 1. The first kappa shape index (κ1) is 16.8. The molecule has 2 heterocycles. The van der Waals surface area contributed by atoms with Crippen molar-refractivity contribution in [2.75, 3.05) is 0 Å². The van der Waals surface area contributed by atoms with Crippen LogP contribution in [-0.2, 0) is 11.2 Å². The molecule has 0 spiro atoms. The van der Waals surface area contributed by atoms with Crippen molar-refractivity contribution in [3.63, 3.8) is 0 Å². The molecule has 3 rings (SSSR count). The largest absolute Gasteiger partial charge is 0.481 e. The third kappa shape index (κ3) is 3.38. The van der Waals surface area contributed by atoms with Crippen molar-refractivity contribution >= 4 is 46.3 Å². The van der Waals surface area contributed by atoms with E-state index in [1.807, 2.05) is 0 Å². The highest BCUT2D eigenvalue weighted by atomic mass is 35.5. The van der Waals surface area contributed by atoms with Gasteiger partial charge in [-0.25, -0.2) is 0 Å². The smallest absolute Gasteiger partial charge is 0.307 e.